The summed E-state index contributed by atoms with van der Waals surface area (Å²) >= 11 is 1.13. The molecule has 7 nitrogen and oxygen atoms in total. The standard InChI is InChI=1S/C23H26N2O5S/c1-13(2)11-29-23(28)20-15(5)19-21(31-20)24-12-25(22(19)27)10-18(26)16-6-8-17(9-7-16)30-14(3)4/h6-9,12-14H,10-11H2,1-5H3. The molecule has 0 spiro atoms. The van der Waals surface area contributed by atoms with Gasteiger partial charge in [-0.05, 0) is 56.5 Å². The number of ketones is 1. The van der Waals surface area contributed by atoms with Crippen molar-refractivity contribution < 1.29 is 19.1 Å². The fourth-order valence-electron chi connectivity index (χ4n) is 3.01. The predicted molar refractivity (Wildman–Crippen MR) is 120 cm³/mol. The molecule has 0 amide bonds. The second-order valence-corrected chi connectivity index (χ2v) is 9.02. The molecule has 0 saturated heterocycles. The maximum Gasteiger partial charge on any atom is 0.348 e. The molecule has 3 aromatic rings. The van der Waals surface area contributed by atoms with Crippen LogP contribution in [0.4, 0.5) is 0 Å². The quantitative estimate of drug-likeness (QED) is 0.383. The van der Waals surface area contributed by atoms with Crippen LogP contribution in [-0.2, 0) is 11.3 Å². The number of carbonyl (C=O) groups excluding carboxylic acids is 2. The highest BCUT2D eigenvalue weighted by Crippen LogP contribution is 2.27. The Labute approximate surface area is 184 Å². The van der Waals surface area contributed by atoms with Gasteiger partial charge in [-0.15, -0.1) is 11.3 Å². The molecular formula is C23H26N2O5S. The van der Waals surface area contributed by atoms with E-state index < -0.39 is 5.97 Å². The normalized spacial score (nSPS) is 11.3. The van der Waals surface area contributed by atoms with Crippen molar-refractivity contribution in [3.63, 3.8) is 0 Å². The first-order valence-corrected chi connectivity index (χ1v) is 10.9. The molecule has 2 aromatic heterocycles. The highest BCUT2D eigenvalue weighted by molar-refractivity contribution is 7.20. The van der Waals surface area contributed by atoms with Gasteiger partial charge in [-0.3, -0.25) is 14.2 Å². The summed E-state index contributed by atoms with van der Waals surface area (Å²) < 4.78 is 12.2. The van der Waals surface area contributed by atoms with Crippen LogP contribution >= 0.6 is 11.3 Å². The number of Topliss-reactive ketones (excluding diaryl/α,β-unsaturated/α-hetero) is 1. The maximum atomic E-state index is 13.0. The SMILES string of the molecule is Cc1c(C(=O)OCC(C)C)sc2ncn(CC(=O)c3ccc(OC(C)C)cc3)c(=O)c12. The van der Waals surface area contributed by atoms with Crippen molar-refractivity contribution in [2.24, 2.45) is 5.92 Å². The molecule has 3 rings (SSSR count). The van der Waals surface area contributed by atoms with Crippen molar-refractivity contribution in [3.05, 3.63) is 57.0 Å². The van der Waals surface area contributed by atoms with Crippen LogP contribution in [-0.4, -0.2) is 34.0 Å². The number of rotatable bonds is 8. The lowest BCUT2D eigenvalue weighted by molar-refractivity contribution is 0.0464. The Balaban J connectivity index is 1.84. The molecule has 0 atom stereocenters. The zero-order valence-electron chi connectivity index (χ0n) is 18.3. The maximum absolute atomic E-state index is 13.0. The number of thiophene rings is 1. The molecule has 1 aromatic carbocycles. The molecule has 31 heavy (non-hydrogen) atoms. The third-order valence-corrected chi connectivity index (χ3v) is 5.69. The van der Waals surface area contributed by atoms with Crippen LogP contribution in [0, 0.1) is 12.8 Å². The number of nitrogens with zero attached hydrogens (tertiary/aromatic N) is 2. The fourth-order valence-corrected chi connectivity index (χ4v) is 4.05. The molecule has 0 saturated carbocycles. The van der Waals surface area contributed by atoms with Crippen LogP contribution in [0.3, 0.4) is 0 Å². The number of benzene rings is 1. The first-order valence-electron chi connectivity index (χ1n) is 10.1. The lowest BCUT2D eigenvalue weighted by atomic mass is 10.1. The van der Waals surface area contributed by atoms with Gasteiger partial charge in [0, 0.05) is 5.56 Å². The van der Waals surface area contributed by atoms with Crippen LogP contribution in [0.25, 0.3) is 10.2 Å². The van der Waals surface area contributed by atoms with Crippen molar-refractivity contribution in [3.8, 4) is 5.75 Å². The molecule has 164 valence electrons. The molecule has 0 aliphatic rings. The fraction of sp³-hybridized carbons (Fsp3) is 0.391. The van der Waals surface area contributed by atoms with Crippen LogP contribution in [0.1, 0.15) is 53.3 Å². The first-order chi connectivity index (χ1) is 14.7. The monoisotopic (exact) mass is 442 g/mol. The number of hydrogen-bond acceptors (Lipinski definition) is 7. The van der Waals surface area contributed by atoms with E-state index in [4.69, 9.17) is 9.47 Å². The topological polar surface area (TPSA) is 87.5 Å². The average Bonchev–Trinajstić information content (AvgIpc) is 3.05. The lowest BCUT2D eigenvalue weighted by Crippen LogP contribution is -2.24. The Morgan fingerprint density at radius 3 is 2.42 bits per heavy atom. The minimum absolute atomic E-state index is 0.0410. The van der Waals surface area contributed by atoms with Gasteiger partial charge in [0.25, 0.3) is 5.56 Å². The van der Waals surface area contributed by atoms with E-state index in [9.17, 15) is 14.4 Å². The van der Waals surface area contributed by atoms with Gasteiger partial charge >= 0.3 is 5.97 Å². The summed E-state index contributed by atoms with van der Waals surface area (Å²) in [5.41, 5.74) is 0.654. The van der Waals surface area contributed by atoms with Gasteiger partial charge in [-0.1, -0.05) is 13.8 Å². The van der Waals surface area contributed by atoms with Gasteiger partial charge in [-0.25, -0.2) is 9.78 Å². The van der Waals surface area contributed by atoms with E-state index in [2.05, 4.69) is 4.98 Å². The Morgan fingerprint density at radius 1 is 1.13 bits per heavy atom. The van der Waals surface area contributed by atoms with E-state index >= 15 is 0 Å². The lowest BCUT2D eigenvalue weighted by Gasteiger charge is -2.10. The minimum Gasteiger partial charge on any atom is -0.491 e. The van der Waals surface area contributed by atoms with Gasteiger partial charge in [0.2, 0.25) is 0 Å². The van der Waals surface area contributed by atoms with Crippen LogP contribution in [0.15, 0.2) is 35.4 Å². The summed E-state index contributed by atoms with van der Waals surface area (Å²) in [6, 6.07) is 6.82. The van der Waals surface area contributed by atoms with E-state index in [1.165, 1.54) is 10.9 Å². The van der Waals surface area contributed by atoms with Gasteiger partial charge in [0.05, 0.1) is 31.0 Å². The first kappa shape index (κ1) is 22.7. The number of carbonyl (C=O) groups is 2. The molecule has 0 fully saturated rings. The van der Waals surface area contributed by atoms with E-state index in [-0.39, 0.29) is 29.9 Å². The van der Waals surface area contributed by atoms with Gasteiger partial charge in [0.1, 0.15) is 15.5 Å². The smallest absolute Gasteiger partial charge is 0.348 e. The van der Waals surface area contributed by atoms with Crippen molar-refractivity contribution in [1.82, 2.24) is 9.55 Å². The van der Waals surface area contributed by atoms with E-state index in [1.807, 2.05) is 27.7 Å². The molecule has 0 aliphatic carbocycles. The van der Waals surface area contributed by atoms with Crippen LogP contribution in [0.5, 0.6) is 5.75 Å². The number of fused-ring (bicyclic) bond motifs is 1. The van der Waals surface area contributed by atoms with Crippen LogP contribution < -0.4 is 10.3 Å². The number of ether oxygens (including phenoxy) is 2. The van der Waals surface area contributed by atoms with Gasteiger partial charge in [-0.2, -0.15) is 0 Å². The molecule has 0 bridgehead atoms. The van der Waals surface area contributed by atoms with Crippen molar-refractivity contribution in [2.45, 2.75) is 47.3 Å². The van der Waals surface area contributed by atoms with E-state index in [1.54, 1.807) is 31.2 Å². The number of hydrogen-bond donors (Lipinski definition) is 0. The Bertz CT molecular complexity index is 1160. The second kappa shape index (κ2) is 9.43. The molecule has 0 unspecified atom stereocenters. The van der Waals surface area contributed by atoms with Crippen molar-refractivity contribution in [1.29, 1.82) is 0 Å². The zero-order valence-corrected chi connectivity index (χ0v) is 19.1. The molecule has 0 N–H and O–H groups in total. The van der Waals surface area contributed by atoms with E-state index in [0.717, 1.165) is 11.3 Å². The molecule has 0 aliphatic heterocycles. The summed E-state index contributed by atoms with van der Waals surface area (Å²) in [6.45, 7) is 9.62. The summed E-state index contributed by atoms with van der Waals surface area (Å²) in [5.74, 6) is 0.215. The largest absolute Gasteiger partial charge is 0.491 e. The van der Waals surface area contributed by atoms with Gasteiger partial charge in [0.15, 0.2) is 5.78 Å². The second-order valence-electron chi connectivity index (χ2n) is 8.02. The summed E-state index contributed by atoms with van der Waals surface area (Å²) in [7, 11) is 0. The summed E-state index contributed by atoms with van der Waals surface area (Å²) in [4.78, 5) is 43.2. The molecule has 8 heteroatoms. The highest BCUT2D eigenvalue weighted by Gasteiger charge is 2.21. The molecule has 2 heterocycles. The third-order valence-electron chi connectivity index (χ3n) is 4.51. The summed E-state index contributed by atoms with van der Waals surface area (Å²) in [6.07, 6.45) is 1.39. The molecular weight excluding hydrogens is 416 g/mol. The summed E-state index contributed by atoms with van der Waals surface area (Å²) in [5, 5.41) is 0.345. The van der Waals surface area contributed by atoms with Gasteiger partial charge < -0.3 is 9.47 Å². The predicted octanol–water partition coefficient (Wildman–Crippen LogP) is 4.25. The van der Waals surface area contributed by atoms with Crippen LogP contribution in [0.2, 0.25) is 0 Å². The van der Waals surface area contributed by atoms with Crippen molar-refractivity contribution in [2.75, 3.05) is 6.61 Å². The average molecular weight is 443 g/mol. The number of esters is 1. The number of aromatic nitrogens is 2. The highest BCUT2D eigenvalue weighted by atomic mass is 32.1. The third kappa shape index (κ3) is 5.19. The zero-order chi connectivity index (χ0) is 22.7. The Kier molecular flexibility index (Phi) is 6.90. The van der Waals surface area contributed by atoms with E-state index in [0.29, 0.717) is 38.6 Å². The number of aryl methyl sites for hydroxylation is 1. The Morgan fingerprint density at radius 2 is 1.81 bits per heavy atom. The minimum atomic E-state index is -0.458. The van der Waals surface area contributed by atoms with Crippen molar-refractivity contribution >= 4 is 33.3 Å². The Hall–Kier alpha value is -3.00. The molecule has 0 radical (unpaired) electrons.